The third-order valence-electron chi connectivity index (χ3n) is 10.6. The van der Waals surface area contributed by atoms with Gasteiger partial charge in [-0.3, -0.25) is 9.59 Å². The molecule has 0 unspecified atom stereocenters. The smallest absolute Gasteiger partial charge is 0.268 e. The predicted octanol–water partition coefficient (Wildman–Crippen LogP) is 10.8. The molecule has 8 nitrogen and oxygen atoms in total. The van der Waals surface area contributed by atoms with Crippen LogP contribution in [0.15, 0.2) is 170 Å². The largest absolute Gasteiger partial charge is 0.308 e. The number of imide groups is 1. The Kier molecular flexibility index (Phi) is 8.04. The molecule has 6 aromatic carbocycles. The van der Waals surface area contributed by atoms with Crippen LogP contribution in [0.2, 0.25) is 0 Å². The molecule has 4 heterocycles. The monoisotopic (exact) mass is 744 g/mol. The van der Waals surface area contributed by atoms with Gasteiger partial charge in [-0.1, -0.05) is 103 Å². The highest BCUT2D eigenvalue weighted by atomic mass is 16.2. The molecule has 2 amide bonds. The maximum absolute atomic E-state index is 15.0. The van der Waals surface area contributed by atoms with Gasteiger partial charge >= 0.3 is 0 Å². The highest BCUT2D eigenvalue weighted by Gasteiger charge is 2.40. The van der Waals surface area contributed by atoms with Gasteiger partial charge in [0, 0.05) is 27.5 Å². The minimum absolute atomic E-state index is 0.301. The Hall–Kier alpha value is -8.46. The van der Waals surface area contributed by atoms with Crippen LogP contribution < -0.4 is 4.90 Å². The van der Waals surface area contributed by atoms with E-state index in [4.69, 9.17) is 0 Å². The van der Waals surface area contributed by atoms with Gasteiger partial charge in [-0.25, -0.2) is 14.9 Å². The molecule has 58 heavy (non-hydrogen) atoms. The number of carbonyl (C=O) groups is 2. The lowest BCUT2D eigenvalue weighted by Crippen LogP contribution is -2.30. The van der Waals surface area contributed by atoms with Crippen molar-refractivity contribution in [3.8, 4) is 62.6 Å². The fraction of sp³-hybridized carbons (Fsp3) is 0. The lowest BCUT2D eigenvalue weighted by Gasteiger charge is -2.20. The standard InChI is InChI=1S/C50H28N6O2/c51-29-36-14-7-17-42(53-36)34-21-24-44-40(26-34)41-27-35(43-18-8-15-37(30-52)54-43)22-25-45(41)55(44)46-19-9-16-39-48(46)50(58)56(49(39)57)47-28-33(31-10-3-1-4-11-31)20-23-38(47)32-12-5-2-6-13-32/h1-28H. The Bertz CT molecular complexity index is 3130. The summed E-state index contributed by atoms with van der Waals surface area (Å²) < 4.78 is 2.03. The summed E-state index contributed by atoms with van der Waals surface area (Å²) in [4.78, 5) is 40.1. The molecule has 1 aliphatic heterocycles. The van der Waals surface area contributed by atoms with Crippen LogP contribution in [0.5, 0.6) is 0 Å². The molecular weight excluding hydrogens is 717 g/mol. The first-order valence-electron chi connectivity index (χ1n) is 18.6. The number of benzene rings is 6. The molecule has 0 N–H and O–H groups in total. The second-order valence-electron chi connectivity index (χ2n) is 13.9. The van der Waals surface area contributed by atoms with Crippen LogP contribution in [0.25, 0.3) is 72.3 Å². The number of carbonyl (C=O) groups excluding carboxylic acids is 2. The molecule has 0 radical (unpaired) electrons. The number of aromatic nitrogens is 3. The van der Waals surface area contributed by atoms with E-state index in [1.165, 1.54) is 4.90 Å². The zero-order valence-corrected chi connectivity index (χ0v) is 30.7. The summed E-state index contributed by atoms with van der Waals surface area (Å²) in [5.41, 5.74) is 10.3. The van der Waals surface area contributed by atoms with Gasteiger partial charge in [0.2, 0.25) is 0 Å². The summed E-state index contributed by atoms with van der Waals surface area (Å²) >= 11 is 0. The fourth-order valence-corrected chi connectivity index (χ4v) is 7.98. The topological polar surface area (TPSA) is 116 Å². The van der Waals surface area contributed by atoms with Crippen molar-refractivity contribution in [2.75, 3.05) is 4.90 Å². The Morgan fingerprint density at radius 2 is 0.983 bits per heavy atom. The van der Waals surface area contributed by atoms with Crippen LogP contribution in [0.3, 0.4) is 0 Å². The SMILES string of the molecule is N#Cc1cccc(-c2ccc3c(c2)c2cc(-c4cccc(C#N)n4)ccc2n3-c2cccc3c2C(=O)N(c2cc(-c4ccccc4)ccc2-c2ccccc2)C3=O)n1. The third-order valence-corrected chi connectivity index (χ3v) is 10.6. The summed E-state index contributed by atoms with van der Waals surface area (Å²) in [7, 11) is 0. The number of fused-ring (bicyclic) bond motifs is 4. The van der Waals surface area contributed by atoms with Gasteiger partial charge in [-0.2, -0.15) is 10.5 Å². The van der Waals surface area contributed by atoms with Crippen LogP contribution in [0.1, 0.15) is 32.1 Å². The molecule has 0 atom stereocenters. The van der Waals surface area contributed by atoms with E-state index < -0.39 is 11.8 Å². The van der Waals surface area contributed by atoms with E-state index in [1.54, 1.807) is 30.3 Å². The lowest BCUT2D eigenvalue weighted by molar-refractivity contribution is 0.0926. The highest BCUT2D eigenvalue weighted by Crippen LogP contribution is 2.43. The molecule has 10 rings (SSSR count). The van der Waals surface area contributed by atoms with Crippen molar-refractivity contribution in [3.63, 3.8) is 0 Å². The Morgan fingerprint density at radius 3 is 1.57 bits per heavy atom. The summed E-state index contributed by atoms with van der Waals surface area (Å²) in [6.07, 6.45) is 0. The summed E-state index contributed by atoms with van der Waals surface area (Å²) in [6, 6.07) is 57.8. The number of hydrogen-bond acceptors (Lipinski definition) is 6. The lowest BCUT2D eigenvalue weighted by atomic mass is 9.97. The molecule has 1 aliphatic rings. The van der Waals surface area contributed by atoms with Gasteiger partial charge in [0.1, 0.15) is 23.5 Å². The number of amides is 2. The molecule has 0 fully saturated rings. The Morgan fingerprint density at radius 1 is 0.431 bits per heavy atom. The van der Waals surface area contributed by atoms with Crippen LogP contribution in [-0.2, 0) is 0 Å². The minimum Gasteiger partial charge on any atom is -0.308 e. The molecule has 8 heteroatoms. The average Bonchev–Trinajstić information content (AvgIpc) is 3.75. The van der Waals surface area contributed by atoms with Crippen LogP contribution in [0.4, 0.5) is 5.69 Å². The van der Waals surface area contributed by atoms with E-state index in [1.807, 2.05) is 144 Å². The van der Waals surface area contributed by atoms with Crippen molar-refractivity contribution in [2.45, 2.75) is 0 Å². The molecular formula is C50H28N6O2. The van der Waals surface area contributed by atoms with E-state index in [2.05, 4.69) is 22.1 Å². The third kappa shape index (κ3) is 5.52. The van der Waals surface area contributed by atoms with Gasteiger partial charge in [0.05, 0.1) is 44.9 Å². The van der Waals surface area contributed by atoms with Crippen LogP contribution in [-0.4, -0.2) is 26.3 Å². The first-order valence-corrected chi connectivity index (χ1v) is 18.6. The first kappa shape index (κ1) is 34.1. The molecule has 9 aromatic rings. The van der Waals surface area contributed by atoms with E-state index in [0.29, 0.717) is 45.3 Å². The fourth-order valence-electron chi connectivity index (χ4n) is 7.98. The maximum Gasteiger partial charge on any atom is 0.268 e. The van der Waals surface area contributed by atoms with E-state index in [9.17, 15) is 15.3 Å². The summed E-state index contributed by atoms with van der Waals surface area (Å²) in [6.45, 7) is 0. The minimum atomic E-state index is -0.420. The van der Waals surface area contributed by atoms with Crippen molar-refractivity contribution in [1.82, 2.24) is 14.5 Å². The molecule has 0 saturated heterocycles. The quantitative estimate of drug-likeness (QED) is 0.157. The van der Waals surface area contributed by atoms with Crippen molar-refractivity contribution < 1.29 is 9.59 Å². The Balaban J connectivity index is 1.18. The second-order valence-corrected chi connectivity index (χ2v) is 13.9. The first-order chi connectivity index (χ1) is 28.5. The van der Waals surface area contributed by atoms with Gasteiger partial charge in [0.15, 0.2) is 0 Å². The predicted molar refractivity (Wildman–Crippen MR) is 225 cm³/mol. The second kappa shape index (κ2) is 13.7. The number of rotatable bonds is 6. The number of hydrogen-bond donors (Lipinski definition) is 0. The zero-order valence-electron chi connectivity index (χ0n) is 30.7. The molecule has 0 aliphatic carbocycles. The molecule has 270 valence electrons. The van der Waals surface area contributed by atoms with Crippen molar-refractivity contribution in [1.29, 1.82) is 10.5 Å². The number of nitrogens with zero attached hydrogens (tertiary/aromatic N) is 6. The number of anilines is 1. The number of pyridine rings is 2. The van der Waals surface area contributed by atoms with Gasteiger partial charge < -0.3 is 4.57 Å². The van der Waals surface area contributed by atoms with Crippen molar-refractivity contribution in [3.05, 3.63) is 192 Å². The maximum atomic E-state index is 15.0. The van der Waals surface area contributed by atoms with E-state index in [-0.39, 0.29) is 0 Å². The zero-order chi connectivity index (χ0) is 39.3. The van der Waals surface area contributed by atoms with Gasteiger partial charge in [-0.15, -0.1) is 0 Å². The molecule has 0 saturated carbocycles. The van der Waals surface area contributed by atoms with E-state index in [0.717, 1.165) is 55.2 Å². The van der Waals surface area contributed by atoms with Gasteiger partial charge in [-0.05, 0) is 83.4 Å². The van der Waals surface area contributed by atoms with Gasteiger partial charge in [0.25, 0.3) is 11.8 Å². The normalized spacial score (nSPS) is 12.1. The molecule has 0 spiro atoms. The summed E-state index contributed by atoms with van der Waals surface area (Å²) in [5, 5.41) is 20.9. The van der Waals surface area contributed by atoms with E-state index >= 15 is 4.79 Å². The van der Waals surface area contributed by atoms with Crippen LogP contribution in [0, 0.1) is 22.7 Å². The highest BCUT2D eigenvalue weighted by molar-refractivity contribution is 6.36. The molecule has 0 bridgehead atoms. The van der Waals surface area contributed by atoms with Crippen molar-refractivity contribution >= 4 is 39.3 Å². The average molecular weight is 745 g/mol. The summed E-state index contributed by atoms with van der Waals surface area (Å²) in [5.74, 6) is -0.822. The van der Waals surface area contributed by atoms with Crippen LogP contribution >= 0.6 is 0 Å². The molecule has 3 aromatic heterocycles. The Labute approximate surface area is 332 Å². The number of nitriles is 2. The van der Waals surface area contributed by atoms with Crippen molar-refractivity contribution in [2.24, 2.45) is 0 Å².